The van der Waals surface area contributed by atoms with Gasteiger partial charge in [-0.3, -0.25) is 9.79 Å². The van der Waals surface area contributed by atoms with Crippen molar-refractivity contribution >= 4 is 47.4 Å². The third-order valence-electron chi connectivity index (χ3n) is 4.40. The standard InChI is InChI=1S/C18H27ClN4O.HI/c1-13-7-9-14(10-8-13)23-18(20-2)22-12-11-21-17(24)15-5-3-4-6-16(15)19;/h3-6,13-14H,7-12H2,1-2H3,(H,21,24)(H2,20,22,23);1H. The Labute approximate surface area is 172 Å². The van der Waals surface area contributed by atoms with Crippen LogP contribution in [0.15, 0.2) is 29.3 Å². The van der Waals surface area contributed by atoms with Gasteiger partial charge in [-0.15, -0.1) is 24.0 Å². The van der Waals surface area contributed by atoms with Crippen LogP contribution >= 0.6 is 35.6 Å². The summed E-state index contributed by atoms with van der Waals surface area (Å²) < 4.78 is 0. The number of nitrogens with one attached hydrogen (secondary N) is 3. The normalized spacial score (nSPS) is 20.4. The minimum Gasteiger partial charge on any atom is -0.355 e. The van der Waals surface area contributed by atoms with Crippen LogP contribution in [0.3, 0.4) is 0 Å². The van der Waals surface area contributed by atoms with Gasteiger partial charge >= 0.3 is 0 Å². The van der Waals surface area contributed by atoms with Gasteiger partial charge in [0, 0.05) is 26.2 Å². The lowest BCUT2D eigenvalue weighted by atomic mass is 9.87. The summed E-state index contributed by atoms with van der Waals surface area (Å²) in [6.45, 7) is 3.43. The Kier molecular flexibility index (Phi) is 10.2. The zero-order chi connectivity index (χ0) is 17.4. The molecule has 0 aromatic heterocycles. The van der Waals surface area contributed by atoms with E-state index in [0.29, 0.717) is 29.7 Å². The monoisotopic (exact) mass is 478 g/mol. The summed E-state index contributed by atoms with van der Waals surface area (Å²) in [7, 11) is 1.77. The van der Waals surface area contributed by atoms with E-state index in [0.717, 1.165) is 11.9 Å². The van der Waals surface area contributed by atoms with Crippen molar-refractivity contribution in [1.29, 1.82) is 0 Å². The number of carbonyl (C=O) groups is 1. The molecule has 5 nitrogen and oxygen atoms in total. The molecule has 1 saturated carbocycles. The van der Waals surface area contributed by atoms with Gasteiger partial charge in [0.05, 0.1) is 10.6 Å². The lowest BCUT2D eigenvalue weighted by Crippen LogP contribution is -2.46. The van der Waals surface area contributed by atoms with Crippen LogP contribution in [0.5, 0.6) is 0 Å². The Morgan fingerprint density at radius 3 is 2.44 bits per heavy atom. The first-order valence-corrected chi connectivity index (χ1v) is 8.98. The molecule has 0 spiro atoms. The van der Waals surface area contributed by atoms with Gasteiger partial charge in [-0.25, -0.2) is 0 Å². The van der Waals surface area contributed by atoms with Crippen molar-refractivity contribution in [1.82, 2.24) is 16.0 Å². The summed E-state index contributed by atoms with van der Waals surface area (Å²) in [6, 6.07) is 7.53. The summed E-state index contributed by atoms with van der Waals surface area (Å²) in [5.74, 6) is 1.46. The fourth-order valence-corrected chi connectivity index (χ4v) is 3.11. The lowest BCUT2D eigenvalue weighted by molar-refractivity contribution is 0.0954. The number of benzene rings is 1. The van der Waals surface area contributed by atoms with Gasteiger partial charge in [0.1, 0.15) is 0 Å². The van der Waals surface area contributed by atoms with Gasteiger partial charge in [-0.05, 0) is 43.7 Å². The van der Waals surface area contributed by atoms with Crippen molar-refractivity contribution in [3.05, 3.63) is 34.9 Å². The van der Waals surface area contributed by atoms with Crippen LogP contribution in [0, 0.1) is 5.92 Å². The predicted molar refractivity (Wildman–Crippen MR) is 115 cm³/mol. The van der Waals surface area contributed by atoms with E-state index in [2.05, 4.69) is 27.9 Å². The summed E-state index contributed by atoms with van der Waals surface area (Å²) in [6.07, 6.45) is 4.90. The van der Waals surface area contributed by atoms with Crippen molar-refractivity contribution in [3.8, 4) is 0 Å². The maximum Gasteiger partial charge on any atom is 0.252 e. The van der Waals surface area contributed by atoms with Crippen molar-refractivity contribution in [2.45, 2.75) is 38.6 Å². The predicted octanol–water partition coefficient (Wildman–Crippen LogP) is 3.43. The Morgan fingerprint density at radius 2 is 1.80 bits per heavy atom. The van der Waals surface area contributed by atoms with E-state index in [4.69, 9.17) is 11.6 Å². The number of aliphatic imine (C=N–C) groups is 1. The average molecular weight is 479 g/mol. The summed E-state index contributed by atoms with van der Waals surface area (Å²) in [5.41, 5.74) is 0.498. The largest absolute Gasteiger partial charge is 0.355 e. The van der Waals surface area contributed by atoms with Crippen molar-refractivity contribution < 1.29 is 4.79 Å². The van der Waals surface area contributed by atoms with Gasteiger partial charge < -0.3 is 16.0 Å². The van der Waals surface area contributed by atoms with E-state index >= 15 is 0 Å². The van der Waals surface area contributed by atoms with Crippen LogP contribution in [-0.2, 0) is 0 Å². The molecule has 0 bridgehead atoms. The topological polar surface area (TPSA) is 65.5 Å². The Morgan fingerprint density at radius 1 is 1.16 bits per heavy atom. The van der Waals surface area contributed by atoms with Gasteiger partial charge in [0.2, 0.25) is 0 Å². The molecule has 1 aliphatic rings. The highest BCUT2D eigenvalue weighted by Gasteiger charge is 2.18. The van der Waals surface area contributed by atoms with Crippen LogP contribution < -0.4 is 16.0 Å². The molecular weight excluding hydrogens is 451 g/mol. The van der Waals surface area contributed by atoms with E-state index in [1.807, 2.05) is 6.07 Å². The molecule has 0 radical (unpaired) electrons. The molecule has 2 rings (SSSR count). The molecule has 140 valence electrons. The molecule has 25 heavy (non-hydrogen) atoms. The van der Waals surface area contributed by atoms with Crippen LogP contribution in [0.2, 0.25) is 5.02 Å². The SMILES string of the molecule is CN=C(NCCNC(=O)c1ccccc1Cl)NC1CCC(C)CC1.I. The van der Waals surface area contributed by atoms with Crippen LogP contribution in [-0.4, -0.2) is 38.0 Å². The fourth-order valence-electron chi connectivity index (χ4n) is 2.89. The highest BCUT2D eigenvalue weighted by molar-refractivity contribution is 14.0. The molecule has 1 aromatic carbocycles. The van der Waals surface area contributed by atoms with E-state index in [-0.39, 0.29) is 29.9 Å². The molecular formula is C18H28ClIN4O. The maximum atomic E-state index is 12.1. The highest BCUT2D eigenvalue weighted by Crippen LogP contribution is 2.23. The molecule has 0 aliphatic heterocycles. The van der Waals surface area contributed by atoms with E-state index < -0.39 is 0 Å². The average Bonchev–Trinajstić information content (AvgIpc) is 2.59. The third-order valence-corrected chi connectivity index (χ3v) is 4.73. The molecule has 0 atom stereocenters. The number of rotatable bonds is 5. The number of amides is 1. The number of hydrogen-bond acceptors (Lipinski definition) is 2. The van der Waals surface area contributed by atoms with Crippen molar-refractivity contribution in [2.24, 2.45) is 10.9 Å². The first-order valence-electron chi connectivity index (χ1n) is 8.60. The second kappa shape index (κ2) is 11.6. The van der Waals surface area contributed by atoms with E-state index in [1.54, 1.807) is 25.2 Å². The zero-order valence-corrected chi connectivity index (χ0v) is 17.9. The Bertz CT molecular complexity index is 574. The molecule has 0 heterocycles. The molecule has 0 unspecified atom stereocenters. The minimum atomic E-state index is -0.161. The zero-order valence-electron chi connectivity index (χ0n) is 14.8. The quantitative estimate of drug-likeness (QED) is 0.263. The maximum absolute atomic E-state index is 12.1. The van der Waals surface area contributed by atoms with Gasteiger partial charge in [0.15, 0.2) is 5.96 Å². The molecule has 1 fully saturated rings. The summed E-state index contributed by atoms with van der Waals surface area (Å²) in [4.78, 5) is 16.3. The second-order valence-corrected chi connectivity index (χ2v) is 6.74. The highest BCUT2D eigenvalue weighted by atomic mass is 127. The summed E-state index contributed by atoms with van der Waals surface area (Å²) >= 11 is 6.02. The molecule has 7 heteroatoms. The van der Waals surface area contributed by atoms with Crippen LogP contribution in [0.25, 0.3) is 0 Å². The molecule has 3 N–H and O–H groups in total. The minimum absolute atomic E-state index is 0. The van der Waals surface area contributed by atoms with Gasteiger partial charge in [0.25, 0.3) is 5.91 Å². The Hall–Kier alpha value is -1.02. The van der Waals surface area contributed by atoms with Gasteiger partial charge in [-0.2, -0.15) is 0 Å². The fraction of sp³-hybridized carbons (Fsp3) is 0.556. The number of halogens is 2. The first-order chi connectivity index (χ1) is 11.6. The molecule has 1 amide bonds. The van der Waals surface area contributed by atoms with Crippen molar-refractivity contribution in [2.75, 3.05) is 20.1 Å². The second-order valence-electron chi connectivity index (χ2n) is 6.34. The van der Waals surface area contributed by atoms with E-state index in [1.165, 1.54) is 25.7 Å². The van der Waals surface area contributed by atoms with Crippen molar-refractivity contribution in [3.63, 3.8) is 0 Å². The molecule has 1 aliphatic carbocycles. The smallest absolute Gasteiger partial charge is 0.252 e. The van der Waals surface area contributed by atoms with E-state index in [9.17, 15) is 4.79 Å². The van der Waals surface area contributed by atoms with Crippen LogP contribution in [0.1, 0.15) is 43.0 Å². The Balaban J connectivity index is 0.00000312. The molecule has 0 saturated heterocycles. The third kappa shape index (κ3) is 7.40. The summed E-state index contributed by atoms with van der Waals surface area (Å²) in [5, 5.41) is 10.0. The number of nitrogens with zero attached hydrogens (tertiary/aromatic N) is 1. The molecule has 1 aromatic rings. The first kappa shape index (κ1) is 22.0. The number of guanidine groups is 1. The van der Waals surface area contributed by atoms with Crippen LogP contribution in [0.4, 0.5) is 0 Å². The number of carbonyl (C=O) groups excluding carboxylic acids is 1. The lowest BCUT2D eigenvalue weighted by Gasteiger charge is -2.28. The van der Waals surface area contributed by atoms with Gasteiger partial charge in [-0.1, -0.05) is 30.7 Å². The number of hydrogen-bond donors (Lipinski definition) is 3.